The zero-order chi connectivity index (χ0) is 11.4. The van der Waals surface area contributed by atoms with Gasteiger partial charge in [0.25, 0.3) is 0 Å². The highest BCUT2D eigenvalue weighted by atomic mass is 32.1. The van der Waals surface area contributed by atoms with Gasteiger partial charge in [-0.05, 0) is 12.5 Å². The van der Waals surface area contributed by atoms with E-state index in [1.807, 2.05) is 5.38 Å². The Bertz CT molecular complexity index is 490. The van der Waals surface area contributed by atoms with E-state index in [0.717, 1.165) is 23.4 Å². The van der Waals surface area contributed by atoms with Crippen molar-refractivity contribution in [1.29, 1.82) is 0 Å². The van der Waals surface area contributed by atoms with Gasteiger partial charge in [0.2, 0.25) is 0 Å². The second-order valence-electron chi connectivity index (χ2n) is 3.77. The molecule has 0 aliphatic heterocycles. The Morgan fingerprint density at radius 2 is 2.31 bits per heavy atom. The number of hydrogen-bond acceptors (Lipinski definition) is 3. The van der Waals surface area contributed by atoms with Crippen LogP contribution in [0.4, 0.5) is 0 Å². The normalized spacial score (nSPS) is 10.3. The molecule has 0 aliphatic carbocycles. The molecule has 1 aromatic carbocycles. The highest BCUT2D eigenvalue weighted by Gasteiger charge is 2.02. The highest BCUT2D eigenvalue weighted by molar-refractivity contribution is 7.09. The molecule has 1 heterocycles. The average molecular weight is 231 g/mol. The number of thiazole rings is 1. The van der Waals surface area contributed by atoms with Crippen LogP contribution in [0.3, 0.4) is 0 Å². The van der Waals surface area contributed by atoms with Crippen molar-refractivity contribution in [2.75, 3.05) is 0 Å². The molecular weight excluding hydrogens is 218 g/mol. The third-order valence-electron chi connectivity index (χ3n) is 2.33. The van der Waals surface area contributed by atoms with E-state index in [1.165, 1.54) is 11.1 Å². The van der Waals surface area contributed by atoms with Crippen molar-refractivity contribution in [2.24, 2.45) is 0 Å². The van der Waals surface area contributed by atoms with E-state index in [0.29, 0.717) is 6.42 Å². The van der Waals surface area contributed by atoms with Crippen LogP contribution >= 0.6 is 11.3 Å². The number of aldehydes is 1. The fourth-order valence-electron chi connectivity index (χ4n) is 1.61. The standard InChI is InChI=1S/C13H13NOS/c1-10-3-2-4-11(7-10)8-13-14-12(5-6-15)9-16-13/h2-4,6-7,9H,5,8H2,1H3. The van der Waals surface area contributed by atoms with E-state index in [4.69, 9.17) is 0 Å². The van der Waals surface area contributed by atoms with Crippen molar-refractivity contribution >= 4 is 17.6 Å². The van der Waals surface area contributed by atoms with Gasteiger partial charge in [0.1, 0.15) is 6.29 Å². The van der Waals surface area contributed by atoms with E-state index in [-0.39, 0.29) is 0 Å². The van der Waals surface area contributed by atoms with Crippen LogP contribution in [0.2, 0.25) is 0 Å². The zero-order valence-electron chi connectivity index (χ0n) is 9.14. The Labute approximate surface area is 99.0 Å². The van der Waals surface area contributed by atoms with Gasteiger partial charge in [0.05, 0.1) is 10.7 Å². The quantitative estimate of drug-likeness (QED) is 0.757. The third-order valence-corrected chi connectivity index (χ3v) is 3.23. The molecule has 0 bridgehead atoms. The summed E-state index contributed by atoms with van der Waals surface area (Å²) in [7, 11) is 0. The van der Waals surface area contributed by atoms with Gasteiger partial charge in [0.15, 0.2) is 0 Å². The van der Waals surface area contributed by atoms with Crippen molar-refractivity contribution in [3.63, 3.8) is 0 Å². The van der Waals surface area contributed by atoms with E-state index in [2.05, 4.69) is 36.2 Å². The van der Waals surface area contributed by atoms with E-state index in [9.17, 15) is 4.79 Å². The molecule has 3 heteroatoms. The minimum absolute atomic E-state index is 0.421. The maximum Gasteiger partial charge on any atom is 0.125 e. The summed E-state index contributed by atoms with van der Waals surface area (Å²) in [6.07, 6.45) is 2.17. The van der Waals surface area contributed by atoms with Crippen LogP contribution in [-0.2, 0) is 17.6 Å². The van der Waals surface area contributed by atoms with Gasteiger partial charge in [-0.3, -0.25) is 0 Å². The molecule has 0 atom stereocenters. The number of aryl methyl sites for hydroxylation is 1. The number of benzene rings is 1. The van der Waals surface area contributed by atoms with Crippen LogP contribution in [0.5, 0.6) is 0 Å². The summed E-state index contributed by atoms with van der Waals surface area (Å²) in [6, 6.07) is 8.42. The maximum atomic E-state index is 10.4. The number of aromatic nitrogens is 1. The SMILES string of the molecule is Cc1cccc(Cc2nc(CC=O)cs2)c1. The third kappa shape index (κ3) is 2.76. The average Bonchev–Trinajstić information content (AvgIpc) is 2.66. The molecule has 0 N–H and O–H groups in total. The van der Waals surface area contributed by atoms with Gasteiger partial charge in [-0.1, -0.05) is 29.8 Å². The summed E-state index contributed by atoms with van der Waals surface area (Å²) in [5.74, 6) is 0. The van der Waals surface area contributed by atoms with Crippen LogP contribution in [0, 0.1) is 6.92 Å². The monoisotopic (exact) mass is 231 g/mol. The molecule has 0 radical (unpaired) electrons. The van der Waals surface area contributed by atoms with Crippen molar-refractivity contribution < 1.29 is 4.79 Å². The van der Waals surface area contributed by atoms with Gasteiger partial charge >= 0.3 is 0 Å². The number of hydrogen-bond donors (Lipinski definition) is 0. The molecular formula is C13H13NOS. The van der Waals surface area contributed by atoms with Crippen LogP contribution in [0.25, 0.3) is 0 Å². The van der Waals surface area contributed by atoms with Gasteiger partial charge in [-0.25, -0.2) is 4.98 Å². The smallest absolute Gasteiger partial charge is 0.125 e. The molecule has 1 aromatic heterocycles. The van der Waals surface area contributed by atoms with Crippen LogP contribution in [0.15, 0.2) is 29.6 Å². The summed E-state index contributed by atoms with van der Waals surface area (Å²) in [5.41, 5.74) is 3.41. The summed E-state index contributed by atoms with van der Waals surface area (Å²) in [6.45, 7) is 2.09. The minimum atomic E-state index is 0.421. The predicted octanol–water partition coefficient (Wildman–Crippen LogP) is 2.78. The van der Waals surface area contributed by atoms with Crippen LogP contribution in [0.1, 0.15) is 21.8 Å². The van der Waals surface area contributed by atoms with Crippen LogP contribution in [-0.4, -0.2) is 11.3 Å². The van der Waals surface area contributed by atoms with Crippen molar-refractivity contribution in [3.8, 4) is 0 Å². The van der Waals surface area contributed by atoms with Crippen molar-refractivity contribution in [1.82, 2.24) is 4.98 Å². The van der Waals surface area contributed by atoms with Gasteiger partial charge < -0.3 is 4.79 Å². The summed E-state index contributed by atoms with van der Waals surface area (Å²) < 4.78 is 0. The molecule has 0 saturated carbocycles. The zero-order valence-corrected chi connectivity index (χ0v) is 9.96. The fraction of sp³-hybridized carbons (Fsp3) is 0.231. The summed E-state index contributed by atoms with van der Waals surface area (Å²) in [5, 5.41) is 3.03. The lowest BCUT2D eigenvalue weighted by molar-refractivity contribution is -0.107. The lowest BCUT2D eigenvalue weighted by Crippen LogP contribution is -1.90. The van der Waals surface area contributed by atoms with Crippen molar-refractivity contribution in [2.45, 2.75) is 19.8 Å². The molecule has 0 amide bonds. The number of carbonyl (C=O) groups excluding carboxylic acids is 1. The molecule has 2 nitrogen and oxygen atoms in total. The summed E-state index contributed by atoms with van der Waals surface area (Å²) in [4.78, 5) is 14.8. The Morgan fingerprint density at radius 1 is 1.44 bits per heavy atom. The van der Waals surface area contributed by atoms with Gasteiger partial charge in [-0.15, -0.1) is 11.3 Å². The second kappa shape index (κ2) is 5.03. The van der Waals surface area contributed by atoms with Gasteiger partial charge in [0, 0.05) is 18.2 Å². The fourth-order valence-corrected chi connectivity index (χ4v) is 2.45. The number of carbonyl (C=O) groups is 1. The van der Waals surface area contributed by atoms with Crippen molar-refractivity contribution in [3.05, 3.63) is 51.5 Å². The first-order valence-corrected chi connectivity index (χ1v) is 6.08. The van der Waals surface area contributed by atoms with E-state index >= 15 is 0 Å². The molecule has 2 aromatic rings. The largest absolute Gasteiger partial charge is 0.303 e. The molecule has 0 aliphatic rings. The Kier molecular flexibility index (Phi) is 3.47. The topological polar surface area (TPSA) is 30.0 Å². The first kappa shape index (κ1) is 11.0. The molecule has 0 fully saturated rings. The molecule has 16 heavy (non-hydrogen) atoms. The molecule has 0 spiro atoms. The molecule has 0 saturated heterocycles. The highest BCUT2D eigenvalue weighted by Crippen LogP contribution is 2.15. The Balaban J connectivity index is 2.11. The van der Waals surface area contributed by atoms with Gasteiger partial charge in [-0.2, -0.15) is 0 Å². The second-order valence-corrected chi connectivity index (χ2v) is 4.71. The summed E-state index contributed by atoms with van der Waals surface area (Å²) >= 11 is 1.62. The maximum absolute atomic E-state index is 10.4. The van der Waals surface area contributed by atoms with E-state index < -0.39 is 0 Å². The Hall–Kier alpha value is -1.48. The predicted molar refractivity (Wildman–Crippen MR) is 65.9 cm³/mol. The first-order chi connectivity index (χ1) is 7.78. The lowest BCUT2D eigenvalue weighted by Gasteiger charge is -1.99. The molecule has 0 unspecified atom stereocenters. The molecule has 82 valence electrons. The minimum Gasteiger partial charge on any atom is -0.303 e. The first-order valence-electron chi connectivity index (χ1n) is 5.20. The lowest BCUT2D eigenvalue weighted by atomic mass is 10.1. The Morgan fingerprint density at radius 3 is 3.06 bits per heavy atom. The molecule has 2 rings (SSSR count). The van der Waals surface area contributed by atoms with Crippen LogP contribution < -0.4 is 0 Å². The number of nitrogens with zero attached hydrogens (tertiary/aromatic N) is 1. The van der Waals surface area contributed by atoms with E-state index in [1.54, 1.807) is 11.3 Å². The number of rotatable bonds is 4.